The number of aliphatic carboxylic acids is 1. The number of benzene rings is 3. The number of nitrogens with zero attached hydrogens (tertiary/aromatic N) is 1. The van der Waals surface area contributed by atoms with Crippen LogP contribution < -0.4 is 0 Å². The number of fused-ring (bicyclic) bond motifs is 6. The third-order valence-electron chi connectivity index (χ3n) is 6.92. The van der Waals surface area contributed by atoms with E-state index in [9.17, 15) is 14.7 Å². The Kier molecular flexibility index (Phi) is 5.12. The molecule has 5 heteroatoms. The van der Waals surface area contributed by atoms with Gasteiger partial charge in [0.15, 0.2) is 0 Å². The highest BCUT2D eigenvalue weighted by Crippen LogP contribution is 2.56. The van der Waals surface area contributed by atoms with Gasteiger partial charge in [0.05, 0.1) is 23.2 Å². The van der Waals surface area contributed by atoms with E-state index < -0.39 is 17.3 Å². The van der Waals surface area contributed by atoms with Crippen LogP contribution in [0.4, 0.5) is 0 Å². The van der Waals surface area contributed by atoms with Gasteiger partial charge in [-0.2, -0.15) is 0 Å². The second kappa shape index (κ2) is 8.00. The lowest BCUT2D eigenvalue weighted by atomic mass is 9.68. The van der Waals surface area contributed by atoms with E-state index in [0.29, 0.717) is 19.3 Å². The molecular weight excluding hydrogens is 414 g/mol. The van der Waals surface area contributed by atoms with Gasteiger partial charge >= 0.3 is 5.97 Å². The Labute approximate surface area is 192 Å². The number of carboxylic acids is 1. The van der Waals surface area contributed by atoms with Gasteiger partial charge in [0.2, 0.25) is 0 Å². The molecule has 1 aliphatic rings. The monoisotopic (exact) mass is 439 g/mol. The summed E-state index contributed by atoms with van der Waals surface area (Å²) in [6.45, 7) is 4.06. The summed E-state index contributed by atoms with van der Waals surface area (Å²) in [4.78, 5) is 28.2. The number of hydrogen-bond acceptors (Lipinski definition) is 4. The van der Waals surface area contributed by atoms with Crippen LogP contribution in [0, 0.1) is 5.92 Å². The van der Waals surface area contributed by atoms with Crippen LogP contribution in [0.3, 0.4) is 0 Å². The minimum Gasteiger partial charge on any atom is -0.481 e. The van der Waals surface area contributed by atoms with E-state index in [1.54, 1.807) is 6.92 Å². The largest absolute Gasteiger partial charge is 0.481 e. The average molecular weight is 440 g/mol. The lowest BCUT2D eigenvalue weighted by Gasteiger charge is -2.35. The van der Waals surface area contributed by atoms with Crippen LogP contribution in [0.15, 0.2) is 66.7 Å². The zero-order valence-electron chi connectivity index (χ0n) is 18.6. The number of carboxylic acid groups (broad SMARTS) is 1. The summed E-state index contributed by atoms with van der Waals surface area (Å²) in [5.74, 6) is -1.44. The van der Waals surface area contributed by atoms with E-state index in [2.05, 4.69) is 30.3 Å². The molecule has 33 heavy (non-hydrogen) atoms. The number of aromatic nitrogens is 1. The van der Waals surface area contributed by atoms with Gasteiger partial charge in [0.1, 0.15) is 0 Å². The third kappa shape index (κ3) is 3.35. The van der Waals surface area contributed by atoms with Crippen molar-refractivity contribution in [2.45, 2.75) is 38.2 Å². The summed E-state index contributed by atoms with van der Waals surface area (Å²) < 4.78 is 5.33. The molecule has 3 atom stereocenters. The molecule has 0 saturated carbocycles. The average Bonchev–Trinajstić information content (AvgIpc) is 3.06. The lowest BCUT2D eigenvalue weighted by molar-refractivity contribution is -0.142. The number of hydrogen-bond donors (Lipinski definition) is 1. The normalized spacial score (nSPS) is 18.5. The van der Waals surface area contributed by atoms with Crippen LogP contribution in [0.25, 0.3) is 32.9 Å². The van der Waals surface area contributed by atoms with E-state index in [-0.39, 0.29) is 6.10 Å². The summed E-state index contributed by atoms with van der Waals surface area (Å²) in [6, 6.07) is 22.5. The Morgan fingerprint density at radius 2 is 1.73 bits per heavy atom. The van der Waals surface area contributed by atoms with Gasteiger partial charge in [-0.25, -0.2) is 4.98 Å². The first kappa shape index (κ1) is 21.1. The standard InChI is InChI=1S/C28H25NO4/c1-17(27(31)32)14-28(15-18(2)33-16-30)22-12-11-19-7-3-5-9-21(19)25(22)26-23(28)13-20-8-4-6-10-24(20)29-26/h3-13,16-18H,14-15H2,1-2H3,(H,31,32)/t17-,18-,28?/m0/s1. The molecule has 1 unspecified atom stereocenters. The molecular formula is C28H25NO4. The number of rotatable bonds is 7. The van der Waals surface area contributed by atoms with Gasteiger partial charge in [0, 0.05) is 16.4 Å². The maximum absolute atomic E-state index is 12.0. The fourth-order valence-electron chi connectivity index (χ4n) is 5.51. The van der Waals surface area contributed by atoms with Crippen molar-refractivity contribution in [3.8, 4) is 11.3 Å². The molecule has 1 heterocycles. The van der Waals surface area contributed by atoms with E-state index >= 15 is 0 Å². The fraction of sp³-hybridized carbons (Fsp3) is 0.250. The molecule has 0 spiro atoms. The van der Waals surface area contributed by atoms with Gasteiger partial charge in [-0.05, 0) is 53.8 Å². The van der Waals surface area contributed by atoms with Crippen LogP contribution in [-0.2, 0) is 19.7 Å². The predicted octanol–water partition coefficient (Wildman–Crippen LogP) is 5.72. The third-order valence-corrected chi connectivity index (χ3v) is 6.92. The first-order valence-corrected chi connectivity index (χ1v) is 11.2. The molecule has 5 rings (SSSR count). The van der Waals surface area contributed by atoms with Crippen molar-refractivity contribution in [3.63, 3.8) is 0 Å². The summed E-state index contributed by atoms with van der Waals surface area (Å²) in [5, 5.41) is 13.0. The van der Waals surface area contributed by atoms with Gasteiger partial charge in [-0.3, -0.25) is 9.59 Å². The van der Waals surface area contributed by atoms with Crippen molar-refractivity contribution >= 4 is 34.1 Å². The van der Waals surface area contributed by atoms with Crippen molar-refractivity contribution in [2.75, 3.05) is 0 Å². The summed E-state index contributed by atoms with van der Waals surface area (Å²) >= 11 is 0. The van der Waals surface area contributed by atoms with E-state index in [4.69, 9.17) is 9.72 Å². The lowest BCUT2D eigenvalue weighted by Crippen LogP contribution is -2.34. The topological polar surface area (TPSA) is 76.5 Å². The minimum absolute atomic E-state index is 0.382. The number of ether oxygens (including phenoxy) is 1. The Hall–Kier alpha value is -3.73. The molecule has 1 aromatic heterocycles. The first-order chi connectivity index (χ1) is 15.9. The number of pyridine rings is 1. The van der Waals surface area contributed by atoms with Gasteiger partial charge < -0.3 is 9.84 Å². The Bertz CT molecular complexity index is 1400. The molecule has 0 bridgehead atoms. The summed E-state index contributed by atoms with van der Waals surface area (Å²) in [7, 11) is 0. The van der Waals surface area contributed by atoms with Crippen molar-refractivity contribution in [1.29, 1.82) is 0 Å². The Morgan fingerprint density at radius 1 is 1.00 bits per heavy atom. The van der Waals surface area contributed by atoms with Crippen LogP contribution in [0.2, 0.25) is 0 Å². The highest BCUT2D eigenvalue weighted by molar-refractivity contribution is 6.03. The molecule has 4 aromatic rings. The molecule has 3 aromatic carbocycles. The number of carbonyl (C=O) groups is 2. The molecule has 1 aliphatic carbocycles. The smallest absolute Gasteiger partial charge is 0.306 e. The summed E-state index contributed by atoms with van der Waals surface area (Å²) in [5.41, 5.74) is 4.23. The van der Waals surface area contributed by atoms with Gasteiger partial charge in [-0.1, -0.05) is 61.5 Å². The molecule has 0 amide bonds. The minimum atomic E-state index is -0.845. The molecule has 0 radical (unpaired) electrons. The zero-order chi connectivity index (χ0) is 23.2. The zero-order valence-corrected chi connectivity index (χ0v) is 18.6. The molecule has 1 N–H and O–H groups in total. The second-order valence-corrected chi connectivity index (χ2v) is 9.06. The van der Waals surface area contributed by atoms with Crippen LogP contribution in [-0.4, -0.2) is 28.6 Å². The quantitative estimate of drug-likeness (QED) is 0.373. The molecule has 0 saturated heterocycles. The SMILES string of the molecule is C[C@@H](CC1(C[C@H](C)C(=O)O)c2cc3ccccc3nc2-c2c1ccc1ccccc21)OC=O. The van der Waals surface area contributed by atoms with Crippen LogP contribution >= 0.6 is 0 Å². The Morgan fingerprint density at radius 3 is 2.48 bits per heavy atom. The predicted molar refractivity (Wildman–Crippen MR) is 128 cm³/mol. The van der Waals surface area contributed by atoms with E-state index in [0.717, 1.165) is 44.1 Å². The Balaban J connectivity index is 1.87. The van der Waals surface area contributed by atoms with Crippen molar-refractivity contribution < 1.29 is 19.4 Å². The first-order valence-electron chi connectivity index (χ1n) is 11.2. The second-order valence-electron chi connectivity index (χ2n) is 9.06. The van der Waals surface area contributed by atoms with Crippen molar-refractivity contribution in [3.05, 3.63) is 77.9 Å². The maximum atomic E-state index is 12.0. The molecule has 5 nitrogen and oxygen atoms in total. The highest BCUT2D eigenvalue weighted by Gasteiger charge is 2.47. The number of para-hydroxylation sites is 1. The molecule has 166 valence electrons. The fourth-order valence-corrected chi connectivity index (χ4v) is 5.51. The van der Waals surface area contributed by atoms with Crippen molar-refractivity contribution in [1.82, 2.24) is 4.98 Å². The number of carbonyl (C=O) groups excluding carboxylic acids is 1. The van der Waals surface area contributed by atoms with Crippen molar-refractivity contribution in [2.24, 2.45) is 5.92 Å². The summed E-state index contributed by atoms with van der Waals surface area (Å²) in [6.07, 6.45) is 0.467. The molecule has 0 fully saturated rings. The van der Waals surface area contributed by atoms with Gasteiger partial charge in [-0.15, -0.1) is 0 Å². The van der Waals surface area contributed by atoms with Crippen LogP contribution in [0.1, 0.15) is 37.8 Å². The van der Waals surface area contributed by atoms with Crippen LogP contribution in [0.5, 0.6) is 0 Å². The highest BCUT2D eigenvalue weighted by atomic mass is 16.5. The maximum Gasteiger partial charge on any atom is 0.306 e. The molecule has 0 aliphatic heterocycles. The van der Waals surface area contributed by atoms with E-state index in [1.807, 2.05) is 43.3 Å². The van der Waals surface area contributed by atoms with E-state index in [1.165, 1.54) is 0 Å². The van der Waals surface area contributed by atoms with Gasteiger partial charge in [0.25, 0.3) is 6.47 Å².